The summed E-state index contributed by atoms with van der Waals surface area (Å²) in [6, 6.07) is 10.6. The van der Waals surface area contributed by atoms with Gasteiger partial charge in [-0.25, -0.2) is 16.8 Å². The van der Waals surface area contributed by atoms with Gasteiger partial charge in [0.05, 0.1) is 9.79 Å². The van der Waals surface area contributed by atoms with Gasteiger partial charge in [0.1, 0.15) is 0 Å². The summed E-state index contributed by atoms with van der Waals surface area (Å²) in [4.78, 5) is 0.571. The van der Waals surface area contributed by atoms with Crippen LogP contribution in [0.25, 0.3) is 0 Å². The molecule has 1 aliphatic heterocycles. The second-order valence-electron chi connectivity index (χ2n) is 7.35. The first kappa shape index (κ1) is 21.0. The van der Waals surface area contributed by atoms with E-state index in [0.29, 0.717) is 11.1 Å². The van der Waals surface area contributed by atoms with Crippen molar-refractivity contribution in [3.63, 3.8) is 0 Å². The number of nitrogens with zero attached hydrogens (tertiary/aromatic N) is 2. The average Bonchev–Trinajstić information content (AvgIpc) is 2.63. The van der Waals surface area contributed by atoms with E-state index < -0.39 is 20.0 Å². The molecule has 0 amide bonds. The fraction of sp³-hybridized carbons (Fsp3) is 0.400. The van der Waals surface area contributed by atoms with Gasteiger partial charge >= 0.3 is 0 Å². The molecule has 1 aliphatic rings. The SMILES string of the molecule is Cc1ccc(S(=O)(=O)N2CCN(S(=O)(=O)c3cc(C)ccc3C)CC2)c(C)c1. The van der Waals surface area contributed by atoms with E-state index in [2.05, 4.69) is 0 Å². The molecule has 8 heteroatoms. The molecule has 6 nitrogen and oxygen atoms in total. The van der Waals surface area contributed by atoms with Crippen molar-refractivity contribution >= 4 is 20.0 Å². The van der Waals surface area contributed by atoms with Gasteiger partial charge in [-0.15, -0.1) is 0 Å². The van der Waals surface area contributed by atoms with Gasteiger partial charge in [-0.2, -0.15) is 8.61 Å². The summed E-state index contributed by atoms with van der Waals surface area (Å²) in [5, 5.41) is 0. The number of hydrogen-bond donors (Lipinski definition) is 0. The maximum absolute atomic E-state index is 13.0. The van der Waals surface area contributed by atoms with Gasteiger partial charge in [0, 0.05) is 26.2 Å². The van der Waals surface area contributed by atoms with Crippen molar-refractivity contribution in [2.24, 2.45) is 0 Å². The summed E-state index contributed by atoms with van der Waals surface area (Å²) in [5.74, 6) is 0. The minimum atomic E-state index is -3.65. The summed E-state index contributed by atoms with van der Waals surface area (Å²) in [6.45, 7) is 7.88. The first-order chi connectivity index (χ1) is 13.0. The smallest absolute Gasteiger partial charge is 0.207 e. The van der Waals surface area contributed by atoms with Crippen molar-refractivity contribution in [2.45, 2.75) is 37.5 Å². The monoisotopic (exact) mass is 422 g/mol. The van der Waals surface area contributed by atoms with E-state index in [1.54, 1.807) is 38.1 Å². The van der Waals surface area contributed by atoms with Gasteiger partial charge in [0.25, 0.3) is 0 Å². The molecule has 0 unspecified atom stereocenters. The Morgan fingerprint density at radius 2 is 1.07 bits per heavy atom. The summed E-state index contributed by atoms with van der Waals surface area (Å²) < 4.78 is 54.8. The van der Waals surface area contributed by atoms with E-state index >= 15 is 0 Å². The number of piperazine rings is 1. The molecule has 1 fully saturated rings. The molecule has 0 spiro atoms. The minimum Gasteiger partial charge on any atom is -0.207 e. The van der Waals surface area contributed by atoms with Gasteiger partial charge in [-0.05, 0) is 56.5 Å². The van der Waals surface area contributed by atoms with Gasteiger partial charge in [-0.1, -0.05) is 29.8 Å². The number of benzene rings is 2. The number of hydrogen-bond acceptors (Lipinski definition) is 4. The fourth-order valence-electron chi connectivity index (χ4n) is 3.50. The standard InChI is InChI=1S/C20H26N2O4S2/c1-15-6-8-19(18(4)13-15)27(23,24)21-9-11-22(12-10-21)28(25,26)20-14-16(2)5-7-17(20)3/h5-8,13-14H,9-12H2,1-4H3. The van der Waals surface area contributed by atoms with E-state index in [1.165, 1.54) is 8.61 Å². The van der Waals surface area contributed by atoms with Gasteiger partial charge in [-0.3, -0.25) is 0 Å². The van der Waals surface area contributed by atoms with Crippen molar-refractivity contribution in [1.29, 1.82) is 0 Å². The molecular weight excluding hydrogens is 396 g/mol. The zero-order valence-corrected chi connectivity index (χ0v) is 18.3. The van der Waals surface area contributed by atoms with E-state index in [-0.39, 0.29) is 36.0 Å². The largest absolute Gasteiger partial charge is 0.243 e. The molecule has 0 bridgehead atoms. The average molecular weight is 423 g/mol. The number of sulfonamides is 2. The molecular formula is C20H26N2O4S2. The first-order valence-corrected chi connectivity index (χ1v) is 12.1. The molecule has 2 aromatic rings. The molecule has 0 aromatic heterocycles. The van der Waals surface area contributed by atoms with Crippen LogP contribution in [0.5, 0.6) is 0 Å². The second-order valence-corrected chi connectivity index (χ2v) is 11.2. The predicted molar refractivity (Wildman–Crippen MR) is 109 cm³/mol. The van der Waals surface area contributed by atoms with Crippen LogP contribution in [0.4, 0.5) is 0 Å². The van der Waals surface area contributed by atoms with Gasteiger partial charge < -0.3 is 0 Å². The first-order valence-electron chi connectivity index (χ1n) is 9.18. The summed E-state index contributed by atoms with van der Waals surface area (Å²) in [7, 11) is -7.30. The molecule has 28 heavy (non-hydrogen) atoms. The lowest BCUT2D eigenvalue weighted by Gasteiger charge is -2.33. The topological polar surface area (TPSA) is 74.8 Å². The van der Waals surface area contributed by atoms with Crippen LogP contribution in [-0.2, 0) is 20.0 Å². The van der Waals surface area contributed by atoms with Crippen molar-refractivity contribution in [3.05, 3.63) is 58.7 Å². The van der Waals surface area contributed by atoms with E-state index in [4.69, 9.17) is 0 Å². The maximum Gasteiger partial charge on any atom is 0.243 e. The highest BCUT2D eigenvalue weighted by Gasteiger charge is 2.34. The summed E-state index contributed by atoms with van der Waals surface area (Å²) >= 11 is 0. The highest BCUT2D eigenvalue weighted by molar-refractivity contribution is 7.89. The predicted octanol–water partition coefficient (Wildman–Crippen LogP) is 2.62. The highest BCUT2D eigenvalue weighted by atomic mass is 32.2. The van der Waals surface area contributed by atoms with Crippen LogP contribution in [0.2, 0.25) is 0 Å². The Morgan fingerprint density at radius 3 is 1.61 bits per heavy atom. The minimum absolute atomic E-state index is 0.139. The quantitative estimate of drug-likeness (QED) is 0.759. The van der Waals surface area contributed by atoms with Crippen molar-refractivity contribution in [3.8, 4) is 0 Å². The number of aryl methyl sites for hydroxylation is 4. The summed E-state index contributed by atoms with van der Waals surface area (Å²) in [5.41, 5.74) is 3.27. The molecule has 1 heterocycles. The third-order valence-electron chi connectivity index (χ3n) is 5.11. The van der Waals surface area contributed by atoms with Crippen LogP contribution < -0.4 is 0 Å². The van der Waals surface area contributed by atoms with Crippen LogP contribution >= 0.6 is 0 Å². The van der Waals surface area contributed by atoms with E-state index in [1.807, 2.05) is 26.0 Å². The van der Waals surface area contributed by atoms with E-state index in [9.17, 15) is 16.8 Å². The van der Waals surface area contributed by atoms with Gasteiger partial charge in [0.15, 0.2) is 0 Å². The molecule has 3 rings (SSSR count). The van der Waals surface area contributed by atoms with Crippen LogP contribution in [0, 0.1) is 27.7 Å². The van der Waals surface area contributed by atoms with Gasteiger partial charge in [0.2, 0.25) is 20.0 Å². The molecule has 0 radical (unpaired) electrons. The molecule has 0 N–H and O–H groups in total. The van der Waals surface area contributed by atoms with Crippen LogP contribution in [-0.4, -0.2) is 51.6 Å². The second kappa shape index (κ2) is 7.59. The van der Waals surface area contributed by atoms with Crippen LogP contribution in [0.1, 0.15) is 22.3 Å². The Morgan fingerprint density at radius 1 is 0.607 bits per heavy atom. The molecule has 152 valence electrons. The lowest BCUT2D eigenvalue weighted by Crippen LogP contribution is -2.50. The molecule has 0 aliphatic carbocycles. The Balaban J connectivity index is 1.81. The van der Waals surface area contributed by atoms with Crippen molar-refractivity contribution < 1.29 is 16.8 Å². The highest BCUT2D eigenvalue weighted by Crippen LogP contribution is 2.26. The third-order valence-corrected chi connectivity index (χ3v) is 9.21. The number of rotatable bonds is 4. The van der Waals surface area contributed by atoms with Crippen LogP contribution in [0.15, 0.2) is 46.2 Å². The third kappa shape index (κ3) is 3.87. The maximum atomic E-state index is 13.0. The Hall–Kier alpha value is -1.74. The zero-order valence-electron chi connectivity index (χ0n) is 16.6. The Labute approximate surface area is 167 Å². The zero-order chi connectivity index (χ0) is 20.7. The fourth-order valence-corrected chi connectivity index (χ4v) is 6.86. The molecule has 1 saturated heterocycles. The molecule has 0 atom stereocenters. The van der Waals surface area contributed by atoms with E-state index in [0.717, 1.165) is 11.1 Å². The lowest BCUT2D eigenvalue weighted by molar-refractivity contribution is 0.272. The Kier molecular flexibility index (Phi) is 5.69. The van der Waals surface area contributed by atoms with Crippen molar-refractivity contribution in [1.82, 2.24) is 8.61 Å². The summed E-state index contributed by atoms with van der Waals surface area (Å²) in [6.07, 6.45) is 0. The molecule has 0 saturated carbocycles. The van der Waals surface area contributed by atoms with Crippen LogP contribution in [0.3, 0.4) is 0 Å². The Bertz CT molecular complexity index is 1100. The molecule has 2 aromatic carbocycles. The normalized spacial score (nSPS) is 17.0. The van der Waals surface area contributed by atoms with Crippen molar-refractivity contribution in [2.75, 3.05) is 26.2 Å². The lowest BCUT2D eigenvalue weighted by atomic mass is 10.2.